The van der Waals surface area contributed by atoms with Gasteiger partial charge in [-0.15, -0.1) is 0 Å². The summed E-state index contributed by atoms with van der Waals surface area (Å²) >= 11 is 5.80. The first-order chi connectivity index (χ1) is 14.3. The predicted octanol–water partition coefficient (Wildman–Crippen LogP) is 4.18. The number of benzene rings is 3. The lowest BCUT2D eigenvalue weighted by molar-refractivity contribution is 0.0600. The van der Waals surface area contributed by atoms with Crippen molar-refractivity contribution in [1.82, 2.24) is 0 Å². The van der Waals surface area contributed by atoms with Gasteiger partial charge in [-0.1, -0.05) is 11.6 Å². The third kappa shape index (κ3) is 5.16. The molecule has 154 valence electrons. The molecule has 3 aromatic rings. The summed E-state index contributed by atoms with van der Waals surface area (Å²) in [5.41, 5.74) is 1.49. The van der Waals surface area contributed by atoms with Gasteiger partial charge in [0.15, 0.2) is 0 Å². The van der Waals surface area contributed by atoms with Crippen molar-refractivity contribution < 1.29 is 22.7 Å². The molecule has 0 spiro atoms. The van der Waals surface area contributed by atoms with Gasteiger partial charge in [-0.3, -0.25) is 9.52 Å². The molecule has 1 amide bonds. The molecular weight excluding hydrogens is 428 g/mol. The van der Waals surface area contributed by atoms with Crippen molar-refractivity contribution in [2.24, 2.45) is 0 Å². The van der Waals surface area contributed by atoms with Crippen molar-refractivity contribution >= 4 is 44.9 Å². The molecule has 0 saturated heterocycles. The summed E-state index contributed by atoms with van der Waals surface area (Å²) in [4.78, 5) is 23.8. The molecule has 0 aliphatic carbocycles. The molecule has 3 aromatic carbocycles. The molecule has 0 bridgehead atoms. The summed E-state index contributed by atoms with van der Waals surface area (Å²) in [6.45, 7) is 0. The number of carbonyl (C=O) groups is 2. The number of rotatable bonds is 6. The molecule has 0 unspecified atom stereocenters. The Labute approximate surface area is 178 Å². The zero-order valence-corrected chi connectivity index (χ0v) is 17.3. The second-order valence-corrected chi connectivity index (χ2v) is 8.28. The second kappa shape index (κ2) is 8.98. The van der Waals surface area contributed by atoms with Gasteiger partial charge in [0, 0.05) is 22.0 Å². The quantitative estimate of drug-likeness (QED) is 0.555. The van der Waals surface area contributed by atoms with E-state index >= 15 is 0 Å². The topological polar surface area (TPSA) is 102 Å². The largest absolute Gasteiger partial charge is 0.465 e. The van der Waals surface area contributed by atoms with Gasteiger partial charge in [-0.25, -0.2) is 13.2 Å². The first kappa shape index (κ1) is 21.4. The van der Waals surface area contributed by atoms with Gasteiger partial charge in [0.1, 0.15) is 0 Å². The molecule has 9 heteroatoms. The van der Waals surface area contributed by atoms with Crippen LogP contribution in [-0.2, 0) is 14.8 Å². The van der Waals surface area contributed by atoms with Crippen LogP contribution in [0.2, 0.25) is 5.02 Å². The highest BCUT2D eigenvalue weighted by Crippen LogP contribution is 2.19. The maximum atomic E-state index is 12.5. The van der Waals surface area contributed by atoms with Crippen LogP contribution in [0.1, 0.15) is 20.7 Å². The Balaban J connectivity index is 1.69. The van der Waals surface area contributed by atoms with Crippen LogP contribution in [0, 0.1) is 0 Å². The molecular formula is C21H17ClN2O5S. The van der Waals surface area contributed by atoms with Crippen LogP contribution in [0.25, 0.3) is 0 Å². The Bertz CT molecular complexity index is 1160. The minimum absolute atomic E-state index is 0.0106. The van der Waals surface area contributed by atoms with E-state index in [4.69, 9.17) is 11.6 Å². The average Bonchev–Trinajstić information content (AvgIpc) is 2.75. The van der Waals surface area contributed by atoms with E-state index in [1.807, 2.05) is 0 Å². The van der Waals surface area contributed by atoms with Gasteiger partial charge in [-0.2, -0.15) is 0 Å². The van der Waals surface area contributed by atoms with Gasteiger partial charge in [0.05, 0.1) is 17.6 Å². The number of esters is 1. The van der Waals surface area contributed by atoms with Crippen LogP contribution in [-0.4, -0.2) is 27.4 Å². The highest BCUT2D eigenvalue weighted by molar-refractivity contribution is 7.92. The Morgan fingerprint density at radius 2 is 1.33 bits per heavy atom. The summed E-state index contributed by atoms with van der Waals surface area (Å²) in [7, 11) is -2.53. The number of amides is 1. The number of methoxy groups -OCH3 is 1. The lowest BCUT2D eigenvalue weighted by atomic mass is 10.2. The predicted molar refractivity (Wildman–Crippen MR) is 114 cm³/mol. The molecule has 0 fully saturated rings. The van der Waals surface area contributed by atoms with Gasteiger partial charge in [0.2, 0.25) is 0 Å². The molecule has 30 heavy (non-hydrogen) atoms. The third-order valence-electron chi connectivity index (χ3n) is 4.09. The van der Waals surface area contributed by atoms with Gasteiger partial charge < -0.3 is 10.1 Å². The number of sulfonamides is 1. The van der Waals surface area contributed by atoms with Gasteiger partial charge >= 0.3 is 5.97 Å². The summed E-state index contributed by atoms with van der Waals surface area (Å²) in [5, 5.41) is 3.17. The van der Waals surface area contributed by atoms with Crippen molar-refractivity contribution in [2.45, 2.75) is 4.90 Å². The first-order valence-electron chi connectivity index (χ1n) is 8.67. The molecule has 0 aromatic heterocycles. The minimum atomic E-state index is -3.81. The standard InChI is InChI=1S/C21H17ClN2O5S/c1-29-21(26)15-2-8-17(9-3-15)23-20(25)14-4-12-19(13-5-14)30(27,28)24-18-10-6-16(22)7-11-18/h2-13,24H,1H3,(H,23,25). The summed E-state index contributed by atoms with van der Waals surface area (Å²) in [6.07, 6.45) is 0. The highest BCUT2D eigenvalue weighted by atomic mass is 35.5. The lowest BCUT2D eigenvalue weighted by Gasteiger charge is -2.09. The molecule has 0 aliphatic heterocycles. The Hall–Kier alpha value is -3.36. The van der Waals surface area contributed by atoms with Crippen LogP contribution in [0.15, 0.2) is 77.7 Å². The van der Waals surface area contributed by atoms with Crippen LogP contribution in [0.5, 0.6) is 0 Å². The molecule has 0 atom stereocenters. The van der Waals surface area contributed by atoms with Crippen LogP contribution in [0.4, 0.5) is 11.4 Å². The fraction of sp³-hybridized carbons (Fsp3) is 0.0476. The monoisotopic (exact) mass is 444 g/mol. The third-order valence-corrected chi connectivity index (χ3v) is 5.74. The number of hydrogen-bond donors (Lipinski definition) is 2. The van der Waals surface area contributed by atoms with E-state index in [0.29, 0.717) is 22.0 Å². The van der Waals surface area contributed by atoms with E-state index in [0.717, 1.165) is 0 Å². The van der Waals surface area contributed by atoms with Gasteiger partial charge in [0.25, 0.3) is 15.9 Å². The van der Waals surface area contributed by atoms with Crippen molar-refractivity contribution in [3.8, 4) is 0 Å². The molecule has 0 radical (unpaired) electrons. The summed E-state index contributed by atoms with van der Waals surface area (Å²) in [5.74, 6) is -0.896. The van der Waals surface area contributed by atoms with Crippen LogP contribution in [0.3, 0.4) is 0 Å². The number of nitrogens with one attached hydrogen (secondary N) is 2. The normalized spacial score (nSPS) is 10.9. The molecule has 2 N–H and O–H groups in total. The maximum Gasteiger partial charge on any atom is 0.337 e. The number of halogens is 1. The number of ether oxygens (including phenoxy) is 1. The zero-order chi connectivity index (χ0) is 21.7. The SMILES string of the molecule is COC(=O)c1ccc(NC(=O)c2ccc(S(=O)(=O)Nc3ccc(Cl)cc3)cc2)cc1. The second-order valence-electron chi connectivity index (χ2n) is 6.16. The fourth-order valence-corrected chi connectivity index (χ4v) is 3.71. The molecule has 0 heterocycles. The van der Waals surface area contributed by atoms with Crippen molar-refractivity contribution in [2.75, 3.05) is 17.1 Å². The van der Waals surface area contributed by atoms with Crippen LogP contribution >= 0.6 is 11.6 Å². The summed E-state index contributed by atoms with van der Waals surface area (Å²) in [6, 6.07) is 17.9. The summed E-state index contributed by atoms with van der Waals surface area (Å²) < 4.78 is 32.0. The maximum absolute atomic E-state index is 12.5. The average molecular weight is 445 g/mol. The minimum Gasteiger partial charge on any atom is -0.465 e. The van der Waals surface area contributed by atoms with E-state index in [1.54, 1.807) is 36.4 Å². The van der Waals surface area contributed by atoms with Crippen LogP contribution < -0.4 is 10.0 Å². The molecule has 0 saturated carbocycles. The number of hydrogen-bond acceptors (Lipinski definition) is 5. The molecule has 3 rings (SSSR count). The Morgan fingerprint density at radius 1 is 0.800 bits per heavy atom. The van der Waals surface area contributed by atoms with E-state index in [-0.39, 0.29) is 10.5 Å². The first-order valence-corrected chi connectivity index (χ1v) is 10.5. The number of anilines is 2. The molecule has 0 aliphatic rings. The van der Waals surface area contributed by atoms with E-state index < -0.39 is 21.9 Å². The Kier molecular flexibility index (Phi) is 6.39. The van der Waals surface area contributed by atoms with E-state index in [1.165, 1.54) is 43.5 Å². The lowest BCUT2D eigenvalue weighted by Crippen LogP contribution is -2.15. The van der Waals surface area contributed by atoms with E-state index in [9.17, 15) is 18.0 Å². The number of carbonyl (C=O) groups excluding carboxylic acids is 2. The Morgan fingerprint density at radius 3 is 1.90 bits per heavy atom. The van der Waals surface area contributed by atoms with Crippen molar-refractivity contribution in [1.29, 1.82) is 0 Å². The van der Waals surface area contributed by atoms with Crippen molar-refractivity contribution in [3.05, 3.63) is 88.9 Å². The van der Waals surface area contributed by atoms with Crippen molar-refractivity contribution in [3.63, 3.8) is 0 Å². The van der Waals surface area contributed by atoms with E-state index in [2.05, 4.69) is 14.8 Å². The van der Waals surface area contributed by atoms with Gasteiger partial charge in [-0.05, 0) is 72.8 Å². The fourth-order valence-electron chi connectivity index (χ4n) is 2.53. The zero-order valence-electron chi connectivity index (χ0n) is 15.8. The smallest absolute Gasteiger partial charge is 0.337 e. The highest BCUT2D eigenvalue weighted by Gasteiger charge is 2.15. The molecule has 7 nitrogen and oxygen atoms in total.